The van der Waals surface area contributed by atoms with Gasteiger partial charge in [-0.2, -0.15) is 0 Å². The second kappa shape index (κ2) is 13.8. The summed E-state index contributed by atoms with van der Waals surface area (Å²) in [6.07, 6.45) is 13.0. The van der Waals surface area contributed by atoms with Crippen molar-refractivity contribution in [2.24, 2.45) is 0 Å². The molecule has 0 fully saturated rings. The third kappa shape index (κ3) is 5.77. The Morgan fingerprint density at radius 2 is 0.569 bits per heavy atom. The second-order valence-electron chi connectivity index (χ2n) is 13.5. The predicted molar refractivity (Wildman–Crippen MR) is 233 cm³/mol. The van der Waals surface area contributed by atoms with Crippen LogP contribution in [0.25, 0.3) is 0 Å². The third-order valence-electron chi connectivity index (χ3n) is 10.0. The average molecular weight is 1140 g/mol. The van der Waals surface area contributed by atoms with Crippen LogP contribution in [0.4, 0.5) is 56.9 Å². The van der Waals surface area contributed by atoms with Crippen molar-refractivity contribution in [3.63, 3.8) is 0 Å². The van der Waals surface area contributed by atoms with Crippen LogP contribution < -0.4 is 29.4 Å². The molecule has 12 heteroatoms. The first-order valence-corrected chi connectivity index (χ1v) is 22.6. The van der Waals surface area contributed by atoms with Crippen LogP contribution in [0, 0.1) is 0 Å². The number of rotatable bonds is 2. The van der Waals surface area contributed by atoms with Gasteiger partial charge in [0.05, 0.1) is 0 Å². The molecule has 6 aliphatic heterocycles. The van der Waals surface area contributed by atoms with Crippen LogP contribution in [-0.2, 0) is 35.3 Å². The zero-order valence-electron chi connectivity index (χ0n) is 42.3. The van der Waals surface area contributed by atoms with E-state index in [-0.39, 0.29) is 0 Å². The van der Waals surface area contributed by atoms with Crippen molar-refractivity contribution in [1.29, 1.82) is 0 Å². The molecular formula is C46H40N10Pt2. The number of hydrogen-bond donors (Lipinski definition) is 0. The Bertz CT molecular complexity index is 2840. The molecule has 0 aromatic heterocycles. The van der Waals surface area contributed by atoms with Gasteiger partial charge in [0.25, 0.3) is 0 Å². The van der Waals surface area contributed by atoms with E-state index in [1.165, 1.54) is 44.4 Å². The number of fused-ring (bicyclic) bond motifs is 16. The van der Waals surface area contributed by atoms with Gasteiger partial charge in [0.15, 0.2) is 0 Å². The quantitative estimate of drug-likeness (QED) is 0.173. The van der Waals surface area contributed by atoms with Crippen LogP contribution in [0.5, 0.6) is 0 Å². The van der Waals surface area contributed by atoms with Gasteiger partial charge in [-0.3, -0.25) is 0 Å². The maximum absolute atomic E-state index is 8.44. The van der Waals surface area contributed by atoms with Gasteiger partial charge in [0, 0.05) is 0 Å². The fraction of sp³-hybridized carbons (Fsp3) is 0.0870. The van der Waals surface area contributed by atoms with E-state index in [0.717, 1.165) is 34.1 Å². The first kappa shape index (κ1) is 24.6. The number of benzene rings is 5. The van der Waals surface area contributed by atoms with E-state index < -0.39 is 63.2 Å². The van der Waals surface area contributed by atoms with Crippen molar-refractivity contribution < 1.29 is 51.7 Å². The molecule has 0 aliphatic carbocycles. The number of hydrogen-bond acceptors (Lipinski definition) is 10. The summed E-state index contributed by atoms with van der Waals surface area (Å²) in [5, 5.41) is 0. The molecule has 0 amide bonds. The summed E-state index contributed by atoms with van der Waals surface area (Å²) in [6.45, 7) is -10.1. The van der Waals surface area contributed by atoms with Crippen molar-refractivity contribution in [3.05, 3.63) is 171 Å². The van der Waals surface area contributed by atoms with Crippen molar-refractivity contribution in [1.82, 2.24) is 19.6 Å². The van der Waals surface area contributed by atoms with Gasteiger partial charge < -0.3 is 0 Å². The van der Waals surface area contributed by atoms with E-state index in [1.807, 2.05) is 141 Å². The van der Waals surface area contributed by atoms with Crippen LogP contribution in [0.2, 0.25) is 0 Å². The fourth-order valence-electron chi connectivity index (χ4n) is 7.40. The Morgan fingerprint density at radius 1 is 0.310 bits per heavy atom. The summed E-state index contributed by atoms with van der Waals surface area (Å²) in [6, 6.07) is 39.2. The molecule has 10 nitrogen and oxygen atoms in total. The summed E-state index contributed by atoms with van der Waals surface area (Å²) in [5.74, 6) is 0. The van der Waals surface area contributed by atoms with E-state index >= 15 is 0 Å². The van der Waals surface area contributed by atoms with Crippen molar-refractivity contribution in [2.45, 2.75) is 0 Å². The molecule has 6 heterocycles. The molecule has 294 valence electrons. The SMILES string of the molecule is [2H]C([2H])([2H])N1C=CN2[C]1=[Pt]=[C]1N(C=CN1C([2H])([2H])[2H])c1cccc(c1)N(c1ccc(N3c4cccc(c4)N4C=CN(C([2H])([2H])[2H])[C]4=[Pt]=[C]4N(C=CN4C([2H])([2H])[2H])c4cccc3c4)cc1)c1cccc2c1. The molecule has 58 heavy (non-hydrogen) atoms. The van der Waals surface area contributed by atoms with Gasteiger partial charge in [-0.15, -0.1) is 0 Å². The minimum absolute atomic E-state index is 0.470. The van der Waals surface area contributed by atoms with Gasteiger partial charge in [0.1, 0.15) is 0 Å². The van der Waals surface area contributed by atoms with Crippen LogP contribution >= 0.6 is 0 Å². The van der Waals surface area contributed by atoms with Crippen molar-refractivity contribution in [3.8, 4) is 0 Å². The van der Waals surface area contributed by atoms with Crippen molar-refractivity contribution >= 4 is 73.5 Å². The minimum atomic E-state index is -2.53. The Morgan fingerprint density at radius 3 is 0.828 bits per heavy atom. The standard InChI is InChI=1S/C46H40N10.2Pt/c1-47-21-25-51(33-47)39-9-5-13-43(29-39)55(44-14-6-10-40(30-44)52-26-22-48(2)34-52)37-17-19-38(20-18-37)56(45-15-7-11-41(31-45)53-27-23-49(3)35-53)46-16-8-12-42(32-46)54-28-24-50(4)36-54;;/h5-32H,1-4H3;;/i1D3,2D3,3D3,4D3;;. The Hall–Kier alpha value is -6.08. The van der Waals surface area contributed by atoms with Gasteiger partial charge in [-0.05, 0) is 0 Å². The van der Waals surface area contributed by atoms with E-state index in [4.69, 9.17) is 16.4 Å². The molecule has 0 spiro atoms. The van der Waals surface area contributed by atoms with Gasteiger partial charge >= 0.3 is 373 Å². The summed E-state index contributed by atoms with van der Waals surface area (Å²) >= 11 is -2.90. The average Bonchev–Trinajstić information content (AvgIpc) is 4.12. The van der Waals surface area contributed by atoms with Crippen LogP contribution in [0.1, 0.15) is 16.4 Å². The summed E-state index contributed by atoms with van der Waals surface area (Å²) in [5.41, 5.74) is 7.50. The molecule has 0 saturated carbocycles. The Balaban J connectivity index is 1.05. The predicted octanol–water partition coefficient (Wildman–Crippen LogP) is 8.06. The molecule has 8 bridgehead atoms. The number of anilines is 10. The third-order valence-corrected chi connectivity index (χ3v) is 16.5. The number of nitrogens with zero attached hydrogens (tertiary/aromatic N) is 10. The first-order valence-electron chi connectivity index (χ1n) is 24.1. The molecule has 0 saturated heterocycles. The van der Waals surface area contributed by atoms with E-state index in [1.54, 1.807) is 24.8 Å². The molecule has 5 aromatic rings. The first-order chi connectivity index (χ1) is 33.2. The Kier molecular flexibility index (Phi) is 5.86. The van der Waals surface area contributed by atoms with Gasteiger partial charge in [-0.25, -0.2) is 0 Å². The topological polar surface area (TPSA) is 32.4 Å². The van der Waals surface area contributed by atoms with Crippen LogP contribution in [0.3, 0.4) is 0 Å². The van der Waals surface area contributed by atoms with Crippen LogP contribution in [-0.4, -0.2) is 64.1 Å². The van der Waals surface area contributed by atoms with Gasteiger partial charge in [0.2, 0.25) is 0 Å². The second-order valence-corrected chi connectivity index (χ2v) is 18.7. The summed E-state index contributed by atoms with van der Waals surface area (Å²) in [4.78, 5) is 16.6. The van der Waals surface area contributed by atoms with E-state index in [9.17, 15) is 0 Å². The van der Waals surface area contributed by atoms with E-state index in [0.29, 0.717) is 39.3 Å². The van der Waals surface area contributed by atoms with Crippen molar-refractivity contribution in [2.75, 3.05) is 57.3 Å². The molecule has 0 atom stereocenters. The zero-order chi connectivity index (χ0) is 49.1. The van der Waals surface area contributed by atoms with Crippen LogP contribution in [0.15, 0.2) is 171 Å². The monoisotopic (exact) mass is 1130 g/mol. The molecule has 0 N–H and O–H groups in total. The maximum atomic E-state index is 8.44. The van der Waals surface area contributed by atoms with E-state index in [2.05, 4.69) is 9.80 Å². The normalized spacial score (nSPS) is 22.0. The Labute approximate surface area is 371 Å². The zero-order valence-corrected chi connectivity index (χ0v) is 34.8. The molecule has 5 aromatic carbocycles. The van der Waals surface area contributed by atoms with Gasteiger partial charge in [-0.1, -0.05) is 0 Å². The fourth-order valence-corrected chi connectivity index (χ4v) is 13.0. The molecular weight excluding hydrogens is 1080 g/mol. The molecule has 11 rings (SSSR count). The molecule has 6 aliphatic rings. The molecule has 0 unspecified atom stereocenters. The molecule has 0 radical (unpaired) electrons. The summed E-state index contributed by atoms with van der Waals surface area (Å²) < 4.78 is 103. The summed E-state index contributed by atoms with van der Waals surface area (Å²) in [7, 11) is 0.